The molecule has 0 spiro atoms. The van der Waals surface area contributed by atoms with Crippen molar-refractivity contribution in [1.82, 2.24) is 13.9 Å². The highest BCUT2D eigenvalue weighted by molar-refractivity contribution is 7.89. The Morgan fingerprint density at radius 2 is 1.79 bits per heavy atom. The van der Waals surface area contributed by atoms with Gasteiger partial charge >= 0.3 is 0 Å². The van der Waals surface area contributed by atoms with Crippen LogP contribution >= 0.6 is 0 Å². The molecule has 3 aromatic rings. The lowest BCUT2D eigenvalue weighted by Crippen LogP contribution is -2.35. The Bertz CT molecular complexity index is 1310. The van der Waals surface area contributed by atoms with Gasteiger partial charge in [0, 0.05) is 30.9 Å². The number of piperidine rings is 1. The van der Waals surface area contributed by atoms with Crippen LogP contribution in [0.3, 0.4) is 0 Å². The summed E-state index contributed by atoms with van der Waals surface area (Å²) in [6.45, 7) is 3.90. The zero-order valence-corrected chi connectivity index (χ0v) is 19.2. The maximum absolute atomic E-state index is 13.0. The van der Waals surface area contributed by atoms with Gasteiger partial charge in [0.25, 0.3) is 0 Å². The Balaban J connectivity index is 1.35. The molecule has 0 atom stereocenters. The molecule has 0 unspecified atom stereocenters. The monoisotopic (exact) mass is 470 g/mol. The molecule has 2 aliphatic heterocycles. The normalized spacial score (nSPS) is 16.6. The standard InChI is InChI=1S/C23H26N4O5S/c1-16-24-19-13-21-22(32-11-10-31-21)14-20(19)27(16)15-23(28)25-17-6-5-7-18(12-17)33(29,30)26-8-3-2-4-9-26/h5-7,12-14H,2-4,8-11,15H2,1H3,(H,25,28). The first kappa shape index (κ1) is 21.7. The first-order chi connectivity index (χ1) is 15.9. The molecular weight excluding hydrogens is 444 g/mol. The fourth-order valence-electron chi connectivity index (χ4n) is 4.31. The van der Waals surface area contributed by atoms with Gasteiger partial charge in [-0.05, 0) is 38.0 Å². The molecule has 1 amide bonds. The summed E-state index contributed by atoms with van der Waals surface area (Å²) in [4.78, 5) is 17.6. The fourth-order valence-corrected chi connectivity index (χ4v) is 5.88. The van der Waals surface area contributed by atoms with Gasteiger partial charge in [-0.15, -0.1) is 0 Å². The molecule has 10 heteroatoms. The summed E-state index contributed by atoms with van der Waals surface area (Å²) in [5, 5.41) is 2.82. The number of rotatable bonds is 5. The first-order valence-corrected chi connectivity index (χ1v) is 12.5. The molecule has 3 heterocycles. The molecule has 33 heavy (non-hydrogen) atoms. The molecule has 174 valence electrons. The minimum atomic E-state index is -3.57. The molecule has 1 saturated heterocycles. The van der Waals surface area contributed by atoms with Crippen molar-refractivity contribution >= 4 is 32.7 Å². The lowest BCUT2D eigenvalue weighted by molar-refractivity contribution is -0.116. The molecule has 1 aromatic heterocycles. The van der Waals surface area contributed by atoms with E-state index >= 15 is 0 Å². The third-order valence-electron chi connectivity index (χ3n) is 5.98. The highest BCUT2D eigenvalue weighted by atomic mass is 32.2. The smallest absolute Gasteiger partial charge is 0.244 e. The van der Waals surface area contributed by atoms with E-state index in [0.717, 1.165) is 30.3 Å². The number of amides is 1. The zero-order chi connectivity index (χ0) is 23.0. The summed E-state index contributed by atoms with van der Waals surface area (Å²) in [6.07, 6.45) is 2.79. The van der Waals surface area contributed by atoms with Gasteiger partial charge in [-0.25, -0.2) is 13.4 Å². The summed E-state index contributed by atoms with van der Waals surface area (Å²) < 4.78 is 40.5. The molecule has 0 saturated carbocycles. The lowest BCUT2D eigenvalue weighted by atomic mass is 10.2. The van der Waals surface area contributed by atoms with E-state index in [-0.39, 0.29) is 17.3 Å². The van der Waals surface area contributed by atoms with E-state index in [2.05, 4.69) is 10.3 Å². The predicted octanol–water partition coefficient (Wildman–Crippen LogP) is 2.93. The second kappa shape index (κ2) is 8.68. The topological polar surface area (TPSA) is 103 Å². The molecule has 2 aliphatic rings. The summed E-state index contributed by atoms with van der Waals surface area (Å²) in [5.74, 6) is 1.68. The van der Waals surface area contributed by atoms with Crippen LogP contribution in [0.4, 0.5) is 5.69 Å². The van der Waals surface area contributed by atoms with Gasteiger partial charge in [0.1, 0.15) is 25.6 Å². The van der Waals surface area contributed by atoms with Crippen LogP contribution in [0.1, 0.15) is 25.1 Å². The number of carbonyl (C=O) groups is 1. The van der Waals surface area contributed by atoms with Crippen molar-refractivity contribution in [3.63, 3.8) is 0 Å². The van der Waals surface area contributed by atoms with Gasteiger partial charge in [-0.1, -0.05) is 12.5 Å². The van der Waals surface area contributed by atoms with Gasteiger partial charge in [-0.3, -0.25) is 4.79 Å². The minimum Gasteiger partial charge on any atom is -0.486 e. The van der Waals surface area contributed by atoms with E-state index in [0.29, 0.717) is 49.3 Å². The van der Waals surface area contributed by atoms with Crippen molar-refractivity contribution in [2.75, 3.05) is 31.6 Å². The number of sulfonamides is 1. The van der Waals surface area contributed by atoms with Crippen LogP contribution in [0.25, 0.3) is 11.0 Å². The highest BCUT2D eigenvalue weighted by Gasteiger charge is 2.26. The largest absolute Gasteiger partial charge is 0.486 e. The summed E-state index contributed by atoms with van der Waals surface area (Å²) in [5.41, 5.74) is 1.93. The maximum atomic E-state index is 13.0. The van der Waals surface area contributed by atoms with E-state index < -0.39 is 10.0 Å². The molecule has 1 N–H and O–H groups in total. The number of fused-ring (bicyclic) bond motifs is 2. The average molecular weight is 471 g/mol. The molecule has 1 fully saturated rings. The Kier molecular flexibility index (Phi) is 5.71. The van der Waals surface area contributed by atoms with Gasteiger partial charge in [0.15, 0.2) is 11.5 Å². The number of carbonyl (C=O) groups excluding carboxylic acids is 1. The van der Waals surface area contributed by atoms with Crippen LogP contribution in [0, 0.1) is 6.92 Å². The number of aryl methyl sites for hydroxylation is 1. The van der Waals surface area contributed by atoms with Gasteiger partial charge in [0.05, 0.1) is 15.9 Å². The molecule has 0 radical (unpaired) electrons. The predicted molar refractivity (Wildman–Crippen MR) is 123 cm³/mol. The van der Waals surface area contributed by atoms with Crippen molar-refractivity contribution in [2.24, 2.45) is 0 Å². The number of ether oxygens (including phenoxy) is 2. The van der Waals surface area contributed by atoms with Crippen LogP contribution in [-0.2, 0) is 21.4 Å². The Hall–Kier alpha value is -3.11. The Morgan fingerprint density at radius 1 is 1.06 bits per heavy atom. The number of hydrogen-bond acceptors (Lipinski definition) is 6. The van der Waals surface area contributed by atoms with E-state index in [4.69, 9.17) is 9.47 Å². The molecule has 2 aromatic carbocycles. The molecule has 9 nitrogen and oxygen atoms in total. The second-order valence-corrected chi connectivity index (χ2v) is 10.2. The molecule has 5 rings (SSSR count). The van der Waals surface area contributed by atoms with Crippen molar-refractivity contribution in [3.8, 4) is 11.5 Å². The maximum Gasteiger partial charge on any atom is 0.244 e. The van der Waals surface area contributed by atoms with Crippen molar-refractivity contribution in [2.45, 2.75) is 37.6 Å². The van der Waals surface area contributed by atoms with Crippen LogP contribution < -0.4 is 14.8 Å². The third-order valence-corrected chi connectivity index (χ3v) is 7.87. The number of nitrogens with one attached hydrogen (secondary N) is 1. The van der Waals surface area contributed by atoms with Crippen LogP contribution in [0.5, 0.6) is 11.5 Å². The lowest BCUT2D eigenvalue weighted by Gasteiger charge is -2.26. The molecular formula is C23H26N4O5S. The number of nitrogens with zero attached hydrogens (tertiary/aromatic N) is 3. The number of anilines is 1. The quantitative estimate of drug-likeness (QED) is 0.615. The summed E-state index contributed by atoms with van der Waals surface area (Å²) >= 11 is 0. The second-order valence-electron chi connectivity index (χ2n) is 8.27. The SMILES string of the molecule is Cc1nc2cc3c(cc2n1CC(=O)Nc1cccc(S(=O)(=O)N2CCCCC2)c1)OCCO3. The number of aromatic nitrogens is 2. The van der Waals surface area contributed by atoms with E-state index in [1.165, 1.54) is 10.4 Å². The van der Waals surface area contributed by atoms with Crippen LogP contribution in [0.15, 0.2) is 41.3 Å². The van der Waals surface area contributed by atoms with Crippen molar-refractivity contribution in [1.29, 1.82) is 0 Å². The van der Waals surface area contributed by atoms with Crippen LogP contribution in [-0.4, -0.2) is 54.5 Å². The molecule has 0 aliphatic carbocycles. The number of imidazole rings is 1. The van der Waals surface area contributed by atoms with E-state index in [1.54, 1.807) is 22.8 Å². The number of hydrogen-bond donors (Lipinski definition) is 1. The van der Waals surface area contributed by atoms with Crippen molar-refractivity contribution < 1.29 is 22.7 Å². The number of benzene rings is 2. The highest BCUT2D eigenvalue weighted by Crippen LogP contribution is 2.34. The first-order valence-electron chi connectivity index (χ1n) is 11.1. The third kappa shape index (κ3) is 4.28. The Labute approximate surface area is 192 Å². The fraction of sp³-hybridized carbons (Fsp3) is 0.391. The van der Waals surface area contributed by atoms with Gasteiger partial charge in [0.2, 0.25) is 15.9 Å². The van der Waals surface area contributed by atoms with E-state index in [1.807, 2.05) is 19.1 Å². The zero-order valence-electron chi connectivity index (χ0n) is 18.4. The average Bonchev–Trinajstić information content (AvgIpc) is 3.12. The van der Waals surface area contributed by atoms with Crippen LogP contribution in [0.2, 0.25) is 0 Å². The van der Waals surface area contributed by atoms with Gasteiger partial charge < -0.3 is 19.4 Å². The van der Waals surface area contributed by atoms with Gasteiger partial charge in [-0.2, -0.15) is 4.31 Å². The summed E-state index contributed by atoms with van der Waals surface area (Å²) in [7, 11) is -3.57. The van der Waals surface area contributed by atoms with Crippen molar-refractivity contribution in [3.05, 3.63) is 42.2 Å². The Morgan fingerprint density at radius 3 is 2.55 bits per heavy atom. The minimum absolute atomic E-state index is 0.0328. The molecule has 0 bridgehead atoms. The summed E-state index contributed by atoms with van der Waals surface area (Å²) in [6, 6.07) is 10.1. The van der Waals surface area contributed by atoms with E-state index in [9.17, 15) is 13.2 Å².